The molecular formula is C13H24N6O. The number of amides is 2. The van der Waals surface area contributed by atoms with Gasteiger partial charge in [-0.3, -0.25) is 0 Å². The molecule has 2 amide bonds. The molecule has 0 spiro atoms. The molecule has 20 heavy (non-hydrogen) atoms. The summed E-state index contributed by atoms with van der Waals surface area (Å²) in [6, 6.07) is 0.487. The Morgan fingerprint density at radius 3 is 2.80 bits per heavy atom. The maximum Gasteiger partial charge on any atom is 0.315 e. The summed E-state index contributed by atoms with van der Waals surface area (Å²) in [5.41, 5.74) is 0. The fraction of sp³-hybridized carbons (Fsp3) is 0.846. The van der Waals surface area contributed by atoms with Gasteiger partial charge >= 0.3 is 6.03 Å². The van der Waals surface area contributed by atoms with Crippen molar-refractivity contribution in [3.63, 3.8) is 0 Å². The van der Waals surface area contributed by atoms with Gasteiger partial charge in [-0.15, -0.1) is 5.10 Å². The van der Waals surface area contributed by atoms with E-state index in [2.05, 4.69) is 26.2 Å². The molecule has 0 radical (unpaired) electrons. The molecule has 7 nitrogen and oxygen atoms in total. The van der Waals surface area contributed by atoms with Crippen molar-refractivity contribution in [2.24, 2.45) is 0 Å². The quantitative estimate of drug-likeness (QED) is 0.854. The molecule has 1 saturated carbocycles. The fourth-order valence-electron chi connectivity index (χ4n) is 2.55. The molecule has 0 unspecified atom stereocenters. The maximum absolute atomic E-state index is 11.8. The minimum absolute atomic E-state index is 0.0829. The van der Waals surface area contributed by atoms with Crippen LogP contribution in [0.1, 0.15) is 57.8 Å². The third-order valence-corrected chi connectivity index (χ3v) is 3.62. The number of carbonyl (C=O) groups is 1. The number of tetrazole rings is 1. The van der Waals surface area contributed by atoms with Crippen molar-refractivity contribution < 1.29 is 4.79 Å². The SMILES string of the molecule is CC(C)n1nnnc1CCNC(=O)NC1CCCCC1. The van der Waals surface area contributed by atoms with Gasteiger partial charge < -0.3 is 10.6 Å². The van der Waals surface area contributed by atoms with E-state index in [1.165, 1.54) is 19.3 Å². The lowest BCUT2D eigenvalue weighted by molar-refractivity contribution is 0.232. The van der Waals surface area contributed by atoms with Gasteiger partial charge in [-0.25, -0.2) is 9.48 Å². The highest BCUT2D eigenvalue weighted by Gasteiger charge is 2.15. The Labute approximate surface area is 119 Å². The summed E-state index contributed by atoms with van der Waals surface area (Å²) in [5.74, 6) is 0.804. The molecule has 2 rings (SSSR count). The molecule has 1 aromatic rings. The second kappa shape index (κ2) is 7.21. The Morgan fingerprint density at radius 1 is 1.35 bits per heavy atom. The van der Waals surface area contributed by atoms with Gasteiger partial charge in [0.15, 0.2) is 5.82 Å². The van der Waals surface area contributed by atoms with Gasteiger partial charge in [0.1, 0.15) is 0 Å². The van der Waals surface area contributed by atoms with Crippen LogP contribution in [0.25, 0.3) is 0 Å². The summed E-state index contributed by atoms with van der Waals surface area (Å²) in [6.07, 6.45) is 6.56. The summed E-state index contributed by atoms with van der Waals surface area (Å²) < 4.78 is 1.78. The third kappa shape index (κ3) is 4.18. The standard InChI is InChI=1S/C13H24N6O/c1-10(2)19-12(16-17-18-19)8-9-14-13(20)15-11-6-4-3-5-7-11/h10-11H,3-9H2,1-2H3,(H2,14,15,20). The maximum atomic E-state index is 11.8. The van der Waals surface area contributed by atoms with E-state index in [1.54, 1.807) is 4.68 Å². The van der Waals surface area contributed by atoms with Crippen LogP contribution in [0.15, 0.2) is 0 Å². The monoisotopic (exact) mass is 280 g/mol. The second-order valence-corrected chi connectivity index (χ2v) is 5.62. The zero-order valence-electron chi connectivity index (χ0n) is 12.3. The van der Waals surface area contributed by atoms with Crippen LogP contribution in [0.3, 0.4) is 0 Å². The van der Waals surface area contributed by atoms with Crippen molar-refractivity contribution >= 4 is 6.03 Å². The van der Waals surface area contributed by atoms with E-state index >= 15 is 0 Å². The first kappa shape index (κ1) is 14.7. The molecule has 7 heteroatoms. The molecule has 1 aliphatic rings. The summed E-state index contributed by atoms with van der Waals surface area (Å²) in [4.78, 5) is 11.8. The number of nitrogens with zero attached hydrogens (tertiary/aromatic N) is 4. The first-order valence-corrected chi connectivity index (χ1v) is 7.48. The Kier molecular flexibility index (Phi) is 5.31. The zero-order valence-corrected chi connectivity index (χ0v) is 12.3. The minimum Gasteiger partial charge on any atom is -0.338 e. The van der Waals surface area contributed by atoms with Gasteiger partial charge in [0.2, 0.25) is 0 Å². The Hall–Kier alpha value is -1.66. The number of urea groups is 1. The van der Waals surface area contributed by atoms with Gasteiger partial charge in [0.25, 0.3) is 0 Å². The van der Waals surface area contributed by atoms with E-state index in [1.807, 2.05) is 13.8 Å². The molecule has 0 atom stereocenters. The number of hydrogen-bond acceptors (Lipinski definition) is 4. The lowest BCUT2D eigenvalue weighted by Crippen LogP contribution is -2.43. The van der Waals surface area contributed by atoms with Crippen LogP contribution in [0.4, 0.5) is 4.79 Å². The summed E-state index contributed by atoms with van der Waals surface area (Å²) in [5, 5.41) is 17.5. The highest BCUT2D eigenvalue weighted by Crippen LogP contribution is 2.17. The van der Waals surface area contributed by atoms with E-state index in [4.69, 9.17) is 0 Å². The Balaban J connectivity index is 1.69. The highest BCUT2D eigenvalue weighted by molar-refractivity contribution is 5.74. The second-order valence-electron chi connectivity index (χ2n) is 5.62. The molecular weight excluding hydrogens is 256 g/mol. The Bertz CT molecular complexity index is 424. The molecule has 0 saturated heterocycles. The first-order valence-electron chi connectivity index (χ1n) is 7.48. The molecule has 0 aliphatic heterocycles. The van der Waals surface area contributed by atoms with E-state index in [-0.39, 0.29) is 12.1 Å². The van der Waals surface area contributed by atoms with Gasteiger partial charge in [0.05, 0.1) is 6.04 Å². The van der Waals surface area contributed by atoms with Crippen molar-refractivity contribution in [2.45, 2.75) is 64.5 Å². The largest absolute Gasteiger partial charge is 0.338 e. The first-order chi connectivity index (χ1) is 9.66. The van der Waals surface area contributed by atoms with Gasteiger partial charge in [0, 0.05) is 19.0 Å². The highest BCUT2D eigenvalue weighted by atomic mass is 16.2. The van der Waals surface area contributed by atoms with Gasteiger partial charge in [-0.2, -0.15) is 0 Å². The summed E-state index contributed by atoms with van der Waals surface area (Å²) >= 11 is 0. The van der Waals surface area contributed by atoms with Crippen molar-refractivity contribution in [3.05, 3.63) is 5.82 Å². The van der Waals surface area contributed by atoms with Crippen molar-refractivity contribution in [2.75, 3.05) is 6.54 Å². The molecule has 112 valence electrons. The van der Waals surface area contributed by atoms with E-state index in [0.29, 0.717) is 19.0 Å². The zero-order chi connectivity index (χ0) is 14.4. The number of aromatic nitrogens is 4. The molecule has 1 heterocycles. The van der Waals surface area contributed by atoms with Crippen LogP contribution < -0.4 is 10.6 Å². The van der Waals surface area contributed by atoms with E-state index in [0.717, 1.165) is 18.7 Å². The van der Waals surface area contributed by atoms with Crippen LogP contribution in [0.5, 0.6) is 0 Å². The van der Waals surface area contributed by atoms with Crippen molar-refractivity contribution in [1.29, 1.82) is 0 Å². The van der Waals surface area contributed by atoms with Crippen LogP contribution in [-0.4, -0.2) is 38.8 Å². The van der Waals surface area contributed by atoms with Crippen LogP contribution in [-0.2, 0) is 6.42 Å². The molecule has 2 N–H and O–H groups in total. The number of hydrogen-bond donors (Lipinski definition) is 2. The predicted octanol–water partition coefficient (Wildman–Crippen LogP) is 1.43. The van der Waals surface area contributed by atoms with Crippen LogP contribution in [0.2, 0.25) is 0 Å². The molecule has 0 aromatic carbocycles. The van der Waals surface area contributed by atoms with Crippen LogP contribution >= 0.6 is 0 Å². The third-order valence-electron chi connectivity index (χ3n) is 3.62. The lowest BCUT2D eigenvalue weighted by Gasteiger charge is -2.22. The molecule has 1 aromatic heterocycles. The smallest absolute Gasteiger partial charge is 0.315 e. The minimum atomic E-state index is -0.0829. The van der Waals surface area contributed by atoms with E-state index < -0.39 is 0 Å². The van der Waals surface area contributed by atoms with Crippen molar-refractivity contribution in [1.82, 2.24) is 30.8 Å². The average Bonchev–Trinajstić information content (AvgIpc) is 2.88. The number of rotatable bonds is 5. The molecule has 1 aliphatic carbocycles. The normalized spacial score (nSPS) is 16.4. The van der Waals surface area contributed by atoms with Gasteiger partial charge in [-0.05, 0) is 37.1 Å². The summed E-state index contributed by atoms with van der Waals surface area (Å²) in [6.45, 7) is 4.61. The Morgan fingerprint density at radius 2 is 2.10 bits per heavy atom. The van der Waals surface area contributed by atoms with Crippen molar-refractivity contribution in [3.8, 4) is 0 Å². The molecule has 1 fully saturated rings. The topological polar surface area (TPSA) is 84.7 Å². The number of nitrogens with one attached hydrogen (secondary N) is 2. The summed E-state index contributed by atoms with van der Waals surface area (Å²) in [7, 11) is 0. The molecule has 0 bridgehead atoms. The fourth-order valence-corrected chi connectivity index (χ4v) is 2.55. The number of carbonyl (C=O) groups excluding carboxylic acids is 1. The van der Waals surface area contributed by atoms with Crippen LogP contribution in [0, 0.1) is 0 Å². The predicted molar refractivity (Wildman–Crippen MR) is 75.3 cm³/mol. The van der Waals surface area contributed by atoms with Gasteiger partial charge in [-0.1, -0.05) is 19.3 Å². The average molecular weight is 280 g/mol. The van der Waals surface area contributed by atoms with E-state index in [9.17, 15) is 4.79 Å². The lowest BCUT2D eigenvalue weighted by atomic mass is 9.96.